The molecule has 0 spiro atoms. The first kappa shape index (κ1) is 28.7. The number of fused-ring (bicyclic) bond motifs is 2. The van der Waals surface area contributed by atoms with E-state index in [1.165, 1.54) is 0 Å². The van der Waals surface area contributed by atoms with Crippen molar-refractivity contribution in [3.63, 3.8) is 0 Å². The normalized spacial score (nSPS) is 11.1. The van der Waals surface area contributed by atoms with Gasteiger partial charge in [0.2, 0.25) is 0 Å². The largest absolute Gasteiger partial charge is 3.00 e. The second-order valence-corrected chi connectivity index (χ2v) is 8.26. The van der Waals surface area contributed by atoms with E-state index >= 15 is 0 Å². The molecule has 1 aliphatic carbocycles. The number of hydrogen-bond donors (Lipinski definition) is 1. The number of aliphatic hydroxyl groups excluding tert-OH is 1. The Bertz CT molecular complexity index is 1390. The molecule has 0 radical (unpaired) electrons. The summed E-state index contributed by atoms with van der Waals surface area (Å²) in [5, 5.41) is 8.57. The van der Waals surface area contributed by atoms with Crippen LogP contribution in [0.2, 0.25) is 0 Å². The zero-order chi connectivity index (χ0) is 25.2. The van der Waals surface area contributed by atoms with Crippen LogP contribution in [0.25, 0.3) is 33.4 Å². The molecule has 0 aromatic heterocycles. The number of hydrogen-bond acceptors (Lipinski definition) is 5. The molecule has 2 aromatic rings. The molecule has 1 N–H and O–H groups in total. The van der Waals surface area contributed by atoms with Crippen LogP contribution in [-0.4, -0.2) is 37.1 Å². The van der Waals surface area contributed by atoms with Gasteiger partial charge in [-0.05, 0) is 48.7 Å². The van der Waals surface area contributed by atoms with E-state index in [0.29, 0.717) is 5.56 Å². The van der Waals surface area contributed by atoms with Gasteiger partial charge in [-0.1, -0.05) is 18.2 Å². The molecule has 0 saturated carbocycles. The Balaban J connectivity index is 0.00000140. The van der Waals surface area contributed by atoms with Crippen LogP contribution in [0.1, 0.15) is 21.5 Å². The number of benzene rings is 3. The Labute approximate surface area is 232 Å². The molecule has 1 amide bonds. The fraction of sp³-hybridized carbons (Fsp3) is 0.179. The first-order chi connectivity index (χ1) is 16.2. The van der Waals surface area contributed by atoms with E-state index in [1.54, 1.807) is 7.05 Å². The van der Waals surface area contributed by atoms with Gasteiger partial charge in [0.15, 0.2) is 5.91 Å². The van der Waals surface area contributed by atoms with E-state index in [1.807, 2.05) is 51.4 Å². The smallest absolute Gasteiger partial charge is 0.637 e. The van der Waals surface area contributed by atoms with E-state index in [2.05, 4.69) is 56.2 Å². The quantitative estimate of drug-likeness (QED) is 0.269. The van der Waals surface area contributed by atoms with Crippen molar-refractivity contribution in [2.75, 3.05) is 26.0 Å². The molecule has 1 aliphatic heterocycles. The maximum Gasteiger partial charge on any atom is 3.00 e. The van der Waals surface area contributed by atoms with Crippen molar-refractivity contribution in [3.8, 4) is 22.5 Å². The van der Waals surface area contributed by atoms with Crippen molar-refractivity contribution in [1.82, 2.24) is 4.90 Å². The van der Waals surface area contributed by atoms with Gasteiger partial charge in [0.25, 0.3) is 0 Å². The van der Waals surface area contributed by atoms with Crippen molar-refractivity contribution in [2.24, 2.45) is 4.99 Å². The molecule has 35 heavy (non-hydrogen) atoms. The van der Waals surface area contributed by atoms with Gasteiger partial charge in [-0.2, -0.15) is 0 Å². The number of aryl methyl sites for hydroxylation is 2. The van der Waals surface area contributed by atoms with Crippen LogP contribution in [-0.2, 0) is 32.7 Å². The van der Waals surface area contributed by atoms with E-state index < -0.39 is 0 Å². The van der Waals surface area contributed by atoms with E-state index in [9.17, 15) is 4.79 Å². The third-order valence-electron chi connectivity index (χ3n) is 5.79. The van der Waals surface area contributed by atoms with E-state index in [0.717, 1.165) is 60.5 Å². The number of aliphatic hydroxyl groups is 1. The predicted molar refractivity (Wildman–Crippen MR) is 138 cm³/mol. The van der Waals surface area contributed by atoms with Crippen LogP contribution >= 0.6 is 0 Å². The molecule has 0 unspecified atom stereocenters. The number of carbonyl (C=O) groups excluding carboxylic acids is 1. The summed E-state index contributed by atoms with van der Waals surface area (Å²) in [6.45, 7) is 4.11. The first-order valence-electron chi connectivity index (χ1n) is 10.7. The summed E-state index contributed by atoms with van der Waals surface area (Å²) in [4.78, 5) is 20.5. The van der Waals surface area contributed by atoms with Gasteiger partial charge in [0, 0.05) is 61.0 Å². The number of nitrogens with zero attached hydrogens (tertiary/aromatic N) is 3. The number of anilines is 1. The molecule has 0 fully saturated rings. The number of rotatable bonds is 3. The Morgan fingerprint density at radius 2 is 1.63 bits per heavy atom. The summed E-state index contributed by atoms with van der Waals surface area (Å²) >= 11 is 0. The fourth-order valence-corrected chi connectivity index (χ4v) is 4.25. The third-order valence-corrected chi connectivity index (χ3v) is 5.79. The van der Waals surface area contributed by atoms with E-state index in [4.69, 9.17) is 9.52 Å². The Morgan fingerprint density at radius 1 is 0.971 bits per heavy atom. The second kappa shape index (κ2) is 11.9. The summed E-state index contributed by atoms with van der Waals surface area (Å²) in [5.41, 5.74) is 7.22. The number of carbonyl (C=O) groups is 1. The monoisotopic (exact) mass is 545 g/mol. The molecule has 0 bridgehead atoms. The summed E-state index contributed by atoms with van der Waals surface area (Å²) in [6.07, 6.45) is 0. The summed E-state index contributed by atoms with van der Waals surface area (Å²) in [7, 11) is 15.4. The molecule has 2 aromatic carbocycles. The van der Waals surface area contributed by atoms with Crippen molar-refractivity contribution in [2.45, 2.75) is 13.8 Å². The van der Waals surface area contributed by atoms with Crippen molar-refractivity contribution < 1.29 is 47.0 Å². The van der Waals surface area contributed by atoms with Gasteiger partial charge in [-0.15, -0.1) is 0 Å². The molecule has 0 atom stereocenters. The first-order valence-corrected chi connectivity index (χ1v) is 10.7. The van der Waals surface area contributed by atoms with Crippen LogP contribution in [0.5, 0.6) is 0 Å². The Hall–Kier alpha value is -2.54. The van der Waals surface area contributed by atoms with Gasteiger partial charge in [0.05, 0.1) is 5.36 Å². The number of amides is 1. The van der Waals surface area contributed by atoms with Crippen LogP contribution in [0.4, 0.5) is 5.69 Å². The van der Waals surface area contributed by atoms with Crippen molar-refractivity contribution in [3.05, 3.63) is 91.8 Å². The third kappa shape index (κ3) is 5.50. The molecule has 0 saturated heterocycles. The van der Waals surface area contributed by atoms with Crippen LogP contribution in [0.3, 0.4) is 0 Å². The second-order valence-electron chi connectivity index (χ2n) is 8.26. The zero-order valence-corrected chi connectivity index (χ0v) is 23.8. The van der Waals surface area contributed by atoms with Crippen molar-refractivity contribution in [1.29, 1.82) is 0 Å². The summed E-state index contributed by atoms with van der Waals surface area (Å²) in [5.74, 6) is 0.469. The molecule has 4 rings (SSSR count). The average Bonchev–Trinajstić information content (AvgIpc) is 2.82. The minimum atomic E-state index is -0.249. The standard InChI is InChI=1S/C27H27N3O2.CH3O.Y/c1-16-12-20-24(14-22(16)28-3)32-25-15-23(29(4)5)17(2)13-21(25)26(20)18-10-8-9-11-19(18)27(31)30(6)7;1-2;/h8-15H,6-7H2,1-5H3;2H,1H2;/q-2;-1;+3. The fourth-order valence-electron chi connectivity index (χ4n) is 4.25. The molecule has 7 heteroatoms. The molecule has 1 heterocycles. The maximum absolute atomic E-state index is 12.9. The minimum Gasteiger partial charge on any atom is -0.637 e. The van der Waals surface area contributed by atoms with Crippen molar-refractivity contribution >= 4 is 22.6 Å². The van der Waals surface area contributed by atoms with Crippen LogP contribution in [0.15, 0.2) is 57.9 Å². The minimum absolute atomic E-state index is 0. The van der Waals surface area contributed by atoms with Gasteiger partial charge in [0.1, 0.15) is 11.3 Å². The SMILES string of the molecule is [CH2-]N([CH2-])C(=O)c1ccccc1-c1c2cc(C)c(=NC)cc-2oc2cc(N(C)C)c(C)cc12.[CH2-]O.[Y+3]. The van der Waals surface area contributed by atoms with Crippen LogP contribution in [0, 0.1) is 35.1 Å². The summed E-state index contributed by atoms with van der Waals surface area (Å²) < 4.78 is 6.39. The van der Waals surface area contributed by atoms with E-state index in [-0.39, 0.29) is 38.6 Å². The topological polar surface area (TPSA) is 69.3 Å². The Kier molecular flexibility index (Phi) is 9.79. The average molecular weight is 545 g/mol. The Morgan fingerprint density at radius 3 is 2.23 bits per heavy atom. The molecule has 2 aliphatic rings. The van der Waals surface area contributed by atoms with Gasteiger partial charge in [-0.25, -0.2) is 7.11 Å². The van der Waals surface area contributed by atoms with Gasteiger partial charge in [-0.3, -0.25) is 23.9 Å². The predicted octanol–water partition coefficient (Wildman–Crippen LogP) is 5.59. The molecular weight excluding hydrogens is 515 g/mol. The molecule has 178 valence electrons. The van der Waals surface area contributed by atoms with Crippen LogP contribution < -0.4 is 10.3 Å². The molecular formula is C28H30N3O3Y. The van der Waals surface area contributed by atoms with Gasteiger partial charge < -0.3 is 19.3 Å². The summed E-state index contributed by atoms with van der Waals surface area (Å²) in [6, 6.07) is 15.8. The molecule has 6 nitrogen and oxygen atoms in total. The zero-order valence-electron chi connectivity index (χ0n) is 20.9. The van der Waals surface area contributed by atoms with Gasteiger partial charge >= 0.3 is 32.7 Å². The maximum atomic E-state index is 12.9.